The van der Waals surface area contributed by atoms with Crippen LogP contribution in [0.3, 0.4) is 0 Å². The first-order valence-electron chi connectivity index (χ1n) is 4.06. The van der Waals surface area contributed by atoms with Crippen LogP contribution < -0.4 is 4.74 Å². The molecule has 0 saturated carbocycles. The summed E-state index contributed by atoms with van der Waals surface area (Å²) < 4.78 is 4.89. The molecule has 0 spiro atoms. The van der Waals surface area contributed by atoms with Gasteiger partial charge in [0.1, 0.15) is 0 Å². The second kappa shape index (κ2) is 3.88. The van der Waals surface area contributed by atoms with E-state index < -0.39 is 0 Å². The number of benzene rings is 1. The van der Waals surface area contributed by atoms with Crippen LogP contribution in [0.5, 0.6) is 11.5 Å². The van der Waals surface area contributed by atoms with Crippen molar-refractivity contribution >= 4 is 17.4 Å². The Morgan fingerprint density at radius 3 is 2.57 bits per heavy atom. The summed E-state index contributed by atoms with van der Waals surface area (Å²) in [5.74, 6) is -0.0618. The number of phenols is 1. The predicted molar refractivity (Wildman–Crippen MR) is 54.4 cm³/mol. The number of halogens is 1. The summed E-state index contributed by atoms with van der Waals surface area (Å²) >= 11 is 5.91. The molecule has 0 saturated heterocycles. The van der Waals surface area contributed by atoms with Gasteiger partial charge in [-0.05, 0) is 25.5 Å². The minimum absolute atomic E-state index is 0.0556. The van der Waals surface area contributed by atoms with Crippen LogP contribution in [0.25, 0.3) is 0 Å². The molecule has 4 heteroatoms. The number of phenolic OH excluding ortho intramolecular Hbond substituents is 1. The van der Waals surface area contributed by atoms with Gasteiger partial charge in [0.15, 0.2) is 17.3 Å². The first-order valence-corrected chi connectivity index (χ1v) is 4.43. The zero-order valence-corrected chi connectivity index (χ0v) is 8.97. The Morgan fingerprint density at radius 2 is 2.14 bits per heavy atom. The van der Waals surface area contributed by atoms with Crippen LogP contribution in [-0.4, -0.2) is 18.0 Å². The fourth-order valence-electron chi connectivity index (χ4n) is 1.37. The molecule has 0 unspecified atom stereocenters. The Hall–Kier alpha value is -1.22. The third-order valence-electron chi connectivity index (χ3n) is 1.96. The molecule has 1 rings (SSSR count). The van der Waals surface area contributed by atoms with Crippen molar-refractivity contribution in [3.8, 4) is 11.5 Å². The van der Waals surface area contributed by atoms with E-state index in [-0.39, 0.29) is 22.3 Å². The van der Waals surface area contributed by atoms with E-state index >= 15 is 0 Å². The first kappa shape index (κ1) is 10.9. The zero-order valence-electron chi connectivity index (χ0n) is 8.22. The van der Waals surface area contributed by atoms with Crippen LogP contribution in [0.4, 0.5) is 0 Å². The van der Waals surface area contributed by atoms with Crippen molar-refractivity contribution in [1.82, 2.24) is 0 Å². The van der Waals surface area contributed by atoms with Gasteiger partial charge in [0.25, 0.3) is 0 Å². The summed E-state index contributed by atoms with van der Waals surface area (Å²) in [6.07, 6.45) is 0. The first-order chi connectivity index (χ1) is 6.49. The average Bonchev–Trinajstić information content (AvgIpc) is 2.02. The average molecular weight is 215 g/mol. The maximum Gasteiger partial charge on any atom is 0.179 e. The number of Topliss-reactive ketones (excluding diaryl/α,β-unsaturated/α-hetero) is 1. The minimum atomic E-state index is -0.147. The predicted octanol–water partition coefficient (Wildman–Crippen LogP) is 2.57. The fourth-order valence-corrected chi connectivity index (χ4v) is 1.82. The molecule has 0 radical (unpaired) electrons. The monoisotopic (exact) mass is 214 g/mol. The highest BCUT2D eigenvalue weighted by molar-refractivity contribution is 6.35. The maximum atomic E-state index is 11.2. The molecular weight excluding hydrogens is 204 g/mol. The molecule has 0 aromatic heterocycles. The summed E-state index contributed by atoms with van der Waals surface area (Å²) in [4.78, 5) is 11.2. The van der Waals surface area contributed by atoms with E-state index in [2.05, 4.69) is 0 Å². The molecule has 0 aliphatic rings. The number of hydrogen-bond donors (Lipinski definition) is 1. The van der Waals surface area contributed by atoms with E-state index in [1.54, 1.807) is 6.92 Å². The normalized spacial score (nSPS) is 10.0. The van der Waals surface area contributed by atoms with Crippen LogP contribution in [0.2, 0.25) is 5.02 Å². The molecule has 0 aliphatic carbocycles. The number of aromatic hydroxyl groups is 1. The Labute approximate surface area is 87.3 Å². The van der Waals surface area contributed by atoms with Crippen molar-refractivity contribution in [3.63, 3.8) is 0 Å². The highest BCUT2D eigenvalue weighted by atomic mass is 35.5. The molecule has 1 aromatic carbocycles. The number of aryl methyl sites for hydroxylation is 1. The second-order valence-corrected chi connectivity index (χ2v) is 3.37. The van der Waals surface area contributed by atoms with E-state index in [1.807, 2.05) is 0 Å². The molecule has 0 aliphatic heterocycles. The van der Waals surface area contributed by atoms with Gasteiger partial charge < -0.3 is 9.84 Å². The van der Waals surface area contributed by atoms with Gasteiger partial charge in [-0.2, -0.15) is 0 Å². The lowest BCUT2D eigenvalue weighted by atomic mass is 10.0. The van der Waals surface area contributed by atoms with Gasteiger partial charge in [-0.1, -0.05) is 11.6 Å². The van der Waals surface area contributed by atoms with Gasteiger partial charge in [0.2, 0.25) is 0 Å². The number of ketones is 1. The van der Waals surface area contributed by atoms with E-state index in [0.717, 1.165) is 0 Å². The molecule has 14 heavy (non-hydrogen) atoms. The van der Waals surface area contributed by atoms with Gasteiger partial charge in [-0.25, -0.2) is 0 Å². The van der Waals surface area contributed by atoms with Crippen LogP contribution in [-0.2, 0) is 0 Å². The van der Waals surface area contributed by atoms with Gasteiger partial charge >= 0.3 is 0 Å². The lowest BCUT2D eigenvalue weighted by Gasteiger charge is -2.11. The molecule has 0 atom stereocenters. The molecule has 0 heterocycles. The standard InChI is InChI=1S/C10H11ClO3/c1-5-4-7(13)10(14-3)9(11)8(5)6(2)12/h4,13H,1-3H3. The number of carbonyl (C=O) groups is 1. The van der Waals surface area contributed by atoms with E-state index in [9.17, 15) is 9.90 Å². The van der Waals surface area contributed by atoms with Crippen molar-refractivity contribution in [2.45, 2.75) is 13.8 Å². The molecule has 1 N–H and O–H groups in total. The summed E-state index contributed by atoms with van der Waals surface area (Å²) in [6.45, 7) is 3.13. The quantitative estimate of drug-likeness (QED) is 0.770. The van der Waals surface area contributed by atoms with Crippen molar-refractivity contribution in [2.75, 3.05) is 7.11 Å². The molecule has 0 fully saturated rings. The van der Waals surface area contributed by atoms with Crippen LogP contribution >= 0.6 is 11.6 Å². The highest BCUT2D eigenvalue weighted by Crippen LogP contribution is 2.38. The third kappa shape index (κ3) is 1.68. The Bertz CT molecular complexity index is 385. The largest absolute Gasteiger partial charge is 0.504 e. The Kier molecular flexibility index (Phi) is 3.01. The number of carbonyl (C=O) groups excluding carboxylic acids is 1. The SMILES string of the molecule is COc1c(O)cc(C)c(C(C)=O)c1Cl. The van der Waals surface area contributed by atoms with E-state index in [4.69, 9.17) is 16.3 Å². The number of rotatable bonds is 2. The molecule has 0 bridgehead atoms. The van der Waals surface area contributed by atoms with Gasteiger partial charge in [-0.3, -0.25) is 4.79 Å². The summed E-state index contributed by atoms with van der Waals surface area (Å²) in [7, 11) is 1.39. The smallest absolute Gasteiger partial charge is 0.179 e. The minimum Gasteiger partial charge on any atom is -0.504 e. The van der Waals surface area contributed by atoms with Crippen molar-refractivity contribution < 1.29 is 14.6 Å². The molecule has 76 valence electrons. The highest BCUT2D eigenvalue weighted by Gasteiger charge is 2.17. The van der Waals surface area contributed by atoms with Crippen LogP contribution in [0.1, 0.15) is 22.8 Å². The lowest BCUT2D eigenvalue weighted by Crippen LogP contribution is -1.99. The summed E-state index contributed by atoms with van der Waals surface area (Å²) in [5, 5.41) is 9.62. The summed E-state index contributed by atoms with van der Waals surface area (Å²) in [5.41, 5.74) is 1.03. The topological polar surface area (TPSA) is 46.5 Å². The van der Waals surface area contributed by atoms with Gasteiger partial charge in [0.05, 0.1) is 12.1 Å². The number of methoxy groups -OCH3 is 1. The van der Waals surface area contributed by atoms with Crippen molar-refractivity contribution in [3.05, 3.63) is 22.2 Å². The van der Waals surface area contributed by atoms with E-state index in [1.165, 1.54) is 20.1 Å². The van der Waals surface area contributed by atoms with Crippen LogP contribution in [0, 0.1) is 6.92 Å². The third-order valence-corrected chi connectivity index (χ3v) is 2.32. The molecular formula is C10H11ClO3. The number of hydrogen-bond acceptors (Lipinski definition) is 3. The second-order valence-electron chi connectivity index (χ2n) is 2.99. The van der Waals surface area contributed by atoms with Gasteiger partial charge in [-0.15, -0.1) is 0 Å². The fraction of sp³-hybridized carbons (Fsp3) is 0.300. The Morgan fingerprint density at radius 1 is 1.57 bits per heavy atom. The van der Waals surface area contributed by atoms with Crippen molar-refractivity contribution in [2.24, 2.45) is 0 Å². The molecule has 3 nitrogen and oxygen atoms in total. The maximum absolute atomic E-state index is 11.2. The number of ether oxygens (including phenoxy) is 1. The lowest BCUT2D eigenvalue weighted by molar-refractivity contribution is 0.101. The van der Waals surface area contributed by atoms with E-state index in [0.29, 0.717) is 11.1 Å². The zero-order chi connectivity index (χ0) is 10.9. The van der Waals surface area contributed by atoms with Gasteiger partial charge in [0, 0.05) is 5.56 Å². The molecule has 0 amide bonds. The van der Waals surface area contributed by atoms with Crippen molar-refractivity contribution in [1.29, 1.82) is 0 Å². The molecule has 1 aromatic rings. The summed E-state index contributed by atoms with van der Waals surface area (Å²) in [6, 6.07) is 1.46. The Balaban J connectivity index is 3.52. The van der Waals surface area contributed by atoms with Crippen LogP contribution in [0.15, 0.2) is 6.07 Å².